The molecule has 2 aromatic rings. The number of carbonyl (C=O) groups is 1. The summed E-state index contributed by atoms with van der Waals surface area (Å²) in [6, 6.07) is 7.39. The van der Waals surface area contributed by atoms with E-state index in [9.17, 15) is 13.2 Å². The van der Waals surface area contributed by atoms with Gasteiger partial charge in [-0.2, -0.15) is 9.40 Å². The maximum absolute atomic E-state index is 13.0. The summed E-state index contributed by atoms with van der Waals surface area (Å²) in [6.07, 6.45) is 0. The zero-order chi connectivity index (χ0) is 21.0. The Kier molecular flexibility index (Phi) is 6.56. The highest BCUT2D eigenvalue weighted by atomic mass is 32.2. The van der Waals surface area contributed by atoms with Gasteiger partial charge in [0.1, 0.15) is 17.2 Å². The minimum atomic E-state index is -3.67. The van der Waals surface area contributed by atoms with E-state index in [1.165, 1.54) is 8.99 Å². The Balaban J connectivity index is 1.68. The molecule has 1 N–H and O–H groups in total. The molecule has 0 spiro atoms. The molecule has 1 amide bonds. The summed E-state index contributed by atoms with van der Waals surface area (Å²) < 4.78 is 39.2. The maximum Gasteiger partial charge on any atom is 0.246 e. The van der Waals surface area contributed by atoms with Crippen molar-refractivity contribution < 1.29 is 22.7 Å². The van der Waals surface area contributed by atoms with Gasteiger partial charge in [0.05, 0.1) is 31.7 Å². The Bertz CT molecular complexity index is 963. The van der Waals surface area contributed by atoms with Crippen molar-refractivity contribution in [3.05, 3.63) is 41.2 Å². The molecule has 1 saturated heterocycles. The predicted octanol–water partition coefficient (Wildman–Crippen LogP) is 0.846. The maximum atomic E-state index is 13.0. The summed E-state index contributed by atoms with van der Waals surface area (Å²) >= 11 is 0. The first-order valence-corrected chi connectivity index (χ1v) is 10.8. The van der Waals surface area contributed by atoms with Crippen molar-refractivity contribution in [2.24, 2.45) is 0 Å². The van der Waals surface area contributed by atoms with Gasteiger partial charge in [-0.3, -0.25) is 9.48 Å². The van der Waals surface area contributed by atoms with Crippen LogP contribution in [0.1, 0.15) is 17.0 Å². The van der Waals surface area contributed by atoms with E-state index in [0.29, 0.717) is 44.2 Å². The fourth-order valence-corrected chi connectivity index (χ4v) is 5.04. The van der Waals surface area contributed by atoms with Crippen LogP contribution in [0.3, 0.4) is 0 Å². The van der Waals surface area contributed by atoms with Crippen LogP contribution in [-0.4, -0.2) is 61.8 Å². The van der Waals surface area contributed by atoms with Gasteiger partial charge in [-0.15, -0.1) is 0 Å². The molecule has 0 atom stereocenters. The van der Waals surface area contributed by atoms with Gasteiger partial charge < -0.3 is 14.8 Å². The molecule has 158 valence electrons. The van der Waals surface area contributed by atoms with Crippen molar-refractivity contribution in [1.82, 2.24) is 19.4 Å². The number of hydrogen-bond acceptors (Lipinski definition) is 6. The third kappa shape index (κ3) is 4.77. The quantitative estimate of drug-likeness (QED) is 0.710. The summed E-state index contributed by atoms with van der Waals surface area (Å²) in [5.41, 5.74) is 1.77. The van der Waals surface area contributed by atoms with Crippen LogP contribution in [0.2, 0.25) is 0 Å². The van der Waals surface area contributed by atoms with Gasteiger partial charge in [0, 0.05) is 19.6 Å². The topological polar surface area (TPSA) is 103 Å². The van der Waals surface area contributed by atoms with Crippen LogP contribution in [0, 0.1) is 13.8 Å². The van der Waals surface area contributed by atoms with E-state index < -0.39 is 10.0 Å². The fraction of sp³-hybridized carbons (Fsp3) is 0.474. The molecule has 0 unspecified atom stereocenters. The van der Waals surface area contributed by atoms with E-state index in [4.69, 9.17) is 9.47 Å². The number of nitrogens with one attached hydrogen (secondary N) is 1. The fourth-order valence-electron chi connectivity index (χ4n) is 3.26. The van der Waals surface area contributed by atoms with Crippen molar-refractivity contribution in [3.63, 3.8) is 0 Å². The first kappa shape index (κ1) is 21.3. The zero-order valence-corrected chi connectivity index (χ0v) is 17.7. The normalized spacial score (nSPS) is 15.3. The lowest BCUT2D eigenvalue weighted by atomic mass is 10.2. The predicted molar refractivity (Wildman–Crippen MR) is 106 cm³/mol. The second-order valence-electron chi connectivity index (χ2n) is 6.80. The molecule has 1 aromatic heterocycles. The molecule has 0 saturated carbocycles. The SMILES string of the molecule is COc1ccc(CNC(=O)Cn2nc(C)c(S(=O)(=O)N3CCOCC3)c2C)cc1. The lowest BCUT2D eigenvalue weighted by Crippen LogP contribution is -2.41. The molecule has 9 nitrogen and oxygen atoms in total. The van der Waals surface area contributed by atoms with Gasteiger partial charge in [-0.05, 0) is 31.5 Å². The number of ether oxygens (including phenoxy) is 2. The molecule has 2 heterocycles. The largest absolute Gasteiger partial charge is 0.497 e. The number of aryl methyl sites for hydroxylation is 1. The van der Waals surface area contributed by atoms with Crippen LogP contribution < -0.4 is 10.1 Å². The van der Waals surface area contributed by atoms with E-state index in [1.807, 2.05) is 24.3 Å². The third-order valence-electron chi connectivity index (χ3n) is 4.83. The third-order valence-corrected chi connectivity index (χ3v) is 6.98. The molecule has 10 heteroatoms. The highest BCUT2D eigenvalue weighted by molar-refractivity contribution is 7.89. The second-order valence-corrected chi connectivity index (χ2v) is 8.67. The number of carbonyl (C=O) groups excluding carboxylic acids is 1. The van der Waals surface area contributed by atoms with Crippen molar-refractivity contribution in [1.29, 1.82) is 0 Å². The summed E-state index contributed by atoms with van der Waals surface area (Å²) in [6.45, 7) is 5.00. The molecule has 3 rings (SSSR count). The molecule has 0 bridgehead atoms. The number of sulfonamides is 1. The Morgan fingerprint density at radius 2 is 1.86 bits per heavy atom. The first-order valence-electron chi connectivity index (χ1n) is 9.34. The minimum Gasteiger partial charge on any atom is -0.497 e. The number of amides is 1. The van der Waals surface area contributed by atoms with E-state index in [2.05, 4.69) is 10.4 Å². The molecular formula is C19H26N4O5S. The van der Waals surface area contributed by atoms with E-state index >= 15 is 0 Å². The molecule has 1 aliphatic rings. The van der Waals surface area contributed by atoms with Crippen molar-refractivity contribution in [3.8, 4) is 5.75 Å². The van der Waals surface area contributed by atoms with Gasteiger partial charge in [0.2, 0.25) is 15.9 Å². The Morgan fingerprint density at radius 3 is 2.48 bits per heavy atom. The summed E-state index contributed by atoms with van der Waals surface area (Å²) in [5, 5.41) is 7.12. The Labute approximate surface area is 170 Å². The van der Waals surface area contributed by atoms with Crippen LogP contribution in [-0.2, 0) is 32.6 Å². The van der Waals surface area contributed by atoms with E-state index in [-0.39, 0.29) is 17.3 Å². The number of hydrogen-bond donors (Lipinski definition) is 1. The molecule has 1 aromatic carbocycles. The highest BCUT2D eigenvalue weighted by Gasteiger charge is 2.32. The van der Waals surface area contributed by atoms with Crippen LogP contribution in [0.15, 0.2) is 29.2 Å². The summed E-state index contributed by atoms with van der Waals surface area (Å²) in [7, 11) is -2.08. The average molecular weight is 423 g/mol. The number of aromatic nitrogens is 2. The zero-order valence-electron chi connectivity index (χ0n) is 16.8. The van der Waals surface area contributed by atoms with Crippen molar-refractivity contribution in [2.45, 2.75) is 31.8 Å². The average Bonchev–Trinajstić information content (AvgIpc) is 3.01. The van der Waals surface area contributed by atoms with Crippen molar-refractivity contribution in [2.75, 3.05) is 33.4 Å². The first-order chi connectivity index (χ1) is 13.8. The van der Waals surface area contributed by atoms with E-state index in [1.54, 1.807) is 21.0 Å². The Morgan fingerprint density at radius 1 is 1.21 bits per heavy atom. The van der Waals surface area contributed by atoms with Gasteiger partial charge in [-0.1, -0.05) is 12.1 Å². The summed E-state index contributed by atoms with van der Waals surface area (Å²) in [5.74, 6) is 0.499. The van der Waals surface area contributed by atoms with Crippen LogP contribution in [0.5, 0.6) is 5.75 Å². The lowest BCUT2D eigenvalue weighted by Gasteiger charge is -2.26. The molecule has 0 radical (unpaired) electrons. The van der Waals surface area contributed by atoms with Gasteiger partial charge >= 0.3 is 0 Å². The van der Waals surface area contributed by atoms with Gasteiger partial charge in [0.25, 0.3) is 0 Å². The monoisotopic (exact) mass is 422 g/mol. The van der Waals surface area contributed by atoms with Gasteiger partial charge in [0.15, 0.2) is 0 Å². The number of nitrogens with zero attached hydrogens (tertiary/aromatic N) is 3. The molecule has 0 aliphatic carbocycles. The molecular weight excluding hydrogens is 396 g/mol. The number of benzene rings is 1. The van der Waals surface area contributed by atoms with E-state index in [0.717, 1.165) is 11.3 Å². The summed E-state index contributed by atoms with van der Waals surface area (Å²) in [4.78, 5) is 12.5. The smallest absolute Gasteiger partial charge is 0.246 e. The molecule has 1 fully saturated rings. The lowest BCUT2D eigenvalue weighted by molar-refractivity contribution is -0.122. The molecule has 1 aliphatic heterocycles. The van der Waals surface area contributed by atoms with Crippen LogP contribution >= 0.6 is 0 Å². The number of methoxy groups -OCH3 is 1. The van der Waals surface area contributed by atoms with Crippen molar-refractivity contribution >= 4 is 15.9 Å². The second kappa shape index (κ2) is 8.93. The molecule has 29 heavy (non-hydrogen) atoms. The standard InChI is InChI=1S/C19H26N4O5S/c1-14-19(29(25,26)22-8-10-28-11-9-22)15(2)23(21-14)13-18(24)20-12-16-4-6-17(27-3)7-5-16/h4-7H,8-13H2,1-3H3,(H,20,24). The Hall–Kier alpha value is -2.43. The number of rotatable bonds is 7. The highest BCUT2D eigenvalue weighted by Crippen LogP contribution is 2.24. The van der Waals surface area contributed by atoms with Gasteiger partial charge in [-0.25, -0.2) is 8.42 Å². The van der Waals surface area contributed by atoms with Crippen LogP contribution in [0.4, 0.5) is 0 Å². The van der Waals surface area contributed by atoms with Crippen LogP contribution in [0.25, 0.3) is 0 Å². The minimum absolute atomic E-state index is 0.0541. The number of morpholine rings is 1.